The van der Waals surface area contributed by atoms with Crippen molar-refractivity contribution >= 4 is 34.8 Å². The van der Waals surface area contributed by atoms with Crippen LogP contribution in [0.5, 0.6) is 0 Å². The third-order valence-electron chi connectivity index (χ3n) is 5.62. The first-order valence-electron chi connectivity index (χ1n) is 10.3. The van der Waals surface area contributed by atoms with E-state index in [2.05, 4.69) is 15.4 Å². The summed E-state index contributed by atoms with van der Waals surface area (Å²) in [6.45, 7) is 4.11. The number of carbonyl (C=O) groups is 2. The number of amides is 2. The highest BCUT2D eigenvalue weighted by atomic mass is 35.5. The first-order valence-corrected chi connectivity index (χ1v) is 11.5. The van der Waals surface area contributed by atoms with E-state index in [0.717, 1.165) is 21.7 Å². The second-order valence-corrected chi connectivity index (χ2v) is 9.18. The van der Waals surface area contributed by atoms with Gasteiger partial charge in [-0.25, -0.2) is 4.98 Å². The van der Waals surface area contributed by atoms with Crippen molar-refractivity contribution in [3.8, 4) is 10.4 Å². The number of thiazole rings is 1. The molecule has 1 aromatic carbocycles. The average Bonchev–Trinajstić information content (AvgIpc) is 3.51. The standard InChI is InChI=1S/C22H24ClN5O3S/c1-13-20(32-12-25-13)16-5-3-15(4-6-16)8-24-21(30)19-7-18(29)11-27(19)22(31)14(2)28-10-17(23)9-26-28/h3-6,9-10,12,14,18-19,29H,7-8,11H2,1-2H3,(H,24,30)/t14?,18-,19+/m1/s1. The van der Waals surface area contributed by atoms with E-state index in [1.54, 1.807) is 24.5 Å². The van der Waals surface area contributed by atoms with Gasteiger partial charge < -0.3 is 15.3 Å². The predicted molar refractivity (Wildman–Crippen MR) is 122 cm³/mol. The fourth-order valence-corrected chi connectivity index (χ4v) is 4.80. The Balaban J connectivity index is 1.39. The van der Waals surface area contributed by atoms with Crippen molar-refractivity contribution in [2.24, 2.45) is 0 Å². The first kappa shape index (κ1) is 22.4. The zero-order chi connectivity index (χ0) is 22.8. The Kier molecular flexibility index (Phi) is 6.59. The first-order chi connectivity index (χ1) is 15.3. The minimum atomic E-state index is -0.745. The van der Waals surface area contributed by atoms with Gasteiger partial charge in [-0.1, -0.05) is 35.9 Å². The monoisotopic (exact) mass is 473 g/mol. The van der Waals surface area contributed by atoms with E-state index >= 15 is 0 Å². The maximum absolute atomic E-state index is 13.0. The Hall–Kier alpha value is -2.75. The summed E-state index contributed by atoms with van der Waals surface area (Å²) in [7, 11) is 0. The van der Waals surface area contributed by atoms with E-state index < -0.39 is 18.2 Å². The van der Waals surface area contributed by atoms with Crippen LogP contribution in [0.4, 0.5) is 0 Å². The van der Waals surface area contributed by atoms with Crippen LogP contribution in [0.15, 0.2) is 42.2 Å². The SMILES string of the molecule is Cc1ncsc1-c1ccc(CNC(=O)[C@@H]2C[C@@H](O)CN2C(=O)C(C)n2cc(Cl)cn2)cc1. The van der Waals surface area contributed by atoms with Gasteiger partial charge >= 0.3 is 0 Å². The van der Waals surface area contributed by atoms with Crippen LogP contribution in [0.2, 0.25) is 5.02 Å². The normalized spacial score (nSPS) is 19.2. The third-order valence-corrected chi connectivity index (χ3v) is 6.79. The molecule has 32 heavy (non-hydrogen) atoms. The number of hydrogen-bond acceptors (Lipinski definition) is 6. The van der Waals surface area contributed by atoms with Crippen molar-refractivity contribution in [3.05, 3.63) is 58.4 Å². The van der Waals surface area contributed by atoms with Gasteiger partial charge in [0.2, 0.25) is 11.8 Å². The molecule has 168 valence electrons. The molecule has 1 aliphatic heterocycles. The van der Waals surface area contributed by atoms with Crippen LogP contribution < -0.4 is 5.32 Å². The molecule has 4 rings (SSSR count). The molecule has 3 heterocycles. The molecule has 2 amide bonds. The summed E-state index contributed by atoms with van der Waals surface area (Å²) in [5, 5.41) is 17.5. The van der Waals surface area contributed by atoms with Crippen molar-refractivity contribution < 1.29 is 14.7 Å². The second-order valence-electron chi connectivity index (χ2n) is 7.89. The number of hydrogen-bond donors (Lipinski definition) is 2. The van der Waals surface area contributed by atoms with Crippen molar-refractivity contribution in [2.45, 2.75) is 45.0 Å². The van der Waals surface area contributed by atoms with Gasteiger partial charge in [-0.3, -0.25) is 14.3 Å². The van der Waals surface area contributed by atoms with Gasteiger partial charge in [0, 0.05) is 25.7 Å². The summed E-state index contributed by atoms with van der Waals surface area (Å²) < 4.78 is 1.46. The van der Waals surface area contributed by atoms with Gasteiger partial charge in [-0.15, -0.1) is 11.3 Å². The molecule has 0 bridgehead atoms. The van der Waals surface area contributed by atoms with Gasteiger partial charge in [-0.05, 0) is 25.0 Å². The van der Waals surface area contributed by atoms with Crippen LogP contribution in [-0.2, 0) is 16.1 Å². The summed E-state index contributed by atoms with van der Waals surface area (Å²) in [6, 6.07) is 6.58. The number of rotatable bonds is 6. The average molecular weight is 474 g/mol. The molecule has 0 saturated carbocycles. The summed E-state index contributed by atoms with van der Waals surface area (Å²) in [4.78, 5) is 32.7. The zero-order valence-corrected chi connectivity index (χ0v) is 19.3. The van der Waals surface area contributed by atoms with Crippen molar-refractivity contribution in [1.29, 1.82) is 0 Å². The van der Waals surface area contributed by atoms with Crippen LogP contribution in [0.25, 0.3) is 10.4 Å². The van der Waals surface area contributed by atoms with Gasteiger partial charge in [0.05, 0.1) is 33.4 Å². The highest BCUT2D eigenvalue weighted by Crippen LogP contribution is 2.27. The molecule has 8 nitrogen and oxygen atoms in total. The fourth-order valence-electron chi connectivity index (χ4n) is 3.85. The maximum atomic E-state index is 13.0. The van der Waals surface area contributed by atoms with E-state index in [1.807, 2.05) is 36.7 Å². The lowest BCUT2D eigenvalue weighted by Gasteiger charge is -2.26. The van der Waals surface area contributed by atoms with E-state index in [4.69, 9.17) is 11.6 Å². The minimum absolute atomic E-state index is 0.110. The van der Waals surface area contributed by atoms with E-state index in [1.165, 1.54) is 15.8 Å². The molecule has 3 aromatic rings. The Morgan fingerprint density at radius 1 is 1.34 bits per heavy atom. The molecular weight excluding hydrogens is 450 g/mol. The lowest BCUT2D eigenvalue weighted by Crippen LogP contribution is -2.47. The van der Waals surface area contributed by atoms with Crippen molar-refractivity contribution in [1.82, 2.24) is 25.0 Å². The van der Waals surface area contributed by atoms with Gasteiger partial charge in [-0.2, -0.15) is 5.10 Å². The van der Waals surface area contributed by atoms with Gasteiger partial charge in [0.15, 0.2) is 0 Å². The number of likely N-dealkylation sites (tertiary alicyclic amines) is 1. The van der Waals surface area contributed by atoms with Crippen molar-refractivity contribution in [2.75, 3.05) is 6.54 Å². The van der Waals surface area contributed by atoms with Gasteiger partial charge in [0.1, 0.15) is 12.1 Å². The number of β-amino-alcohol motifs (C(OH)–C–C–N with tert-alkyl or cyclic N) is 1. The Morgan fingerprint density at radius 3 is 2.72 bits per heavy atom. The van der Waals surface area contributed by atoms with E-state index in [0.29, 0.717) is 11.6 Å². The Labute approximate surface area is 194 Å². The summed E-state index contributed by atoms with van der Waals surface area (Å²) in [6.07, 6.45) is 2.47. The number of aliphatic hydroxyl groups excluding tert-OH is 1. The molecule has 1 fully saturated rings. The molecule has 2 aromatic heterocycles. The third kappa shape index (κ3) is 4.69. The largest absolute Gasteiger partial charge is 0.391 e. The number of aliphatic hydroxyl groups is 1. The molecule has 3 atom stereocenters. The van der Waals surface area contributed by atoms with Crippen LogP contribution >= 0.6 is 22.9 Å². The number of aryl methyl sites for hydroxylation is 1. The number of halogens is 1. The maximum Gasteiger partial charge on any atom is 0.247 e. The highest BCUT2D eigenvalue weighted by molar-refractivity contribution is 7.13. The molecule has 0 radical (unpaired) electrons. The molecule has 1 saturated heterocycles. The summed E-state index contributed by atoms with van der Waals surface area (Å²) in [5.41, 5.74) is 4.85. The predicted octanol–water partition coefficient (Wildman–Crippen LogP) is 2.81. The lowest BCUT2D eigenvalue weighted by molar-refractivity contribution is -0.141. The summed E-state index contributed by atoms with van der Waals surface area (Å²) in [5.74, 6) is -0.575. The van der Waals surface area contributed by atoms with Crippen molar-refractivity contribution in [3.63, 3.8) is 0 Å². The number of nitrogens with one attached hydrogen (secondary N) is 1. The Morgan fingerprint density at radius 2 is 2.09 bits per heavy atom. The van der Waals surface area contributed by atoms with E-state index in [-0.39, 0.29) is 24.8 Å². The molecule has 1 unspecified atom stereocenters. The Bertz CT molecular complexity index is 1110. The molecular formula is C22H24ClN5O3S. The fraction of sp³-hybridized carbons (Fsp3) is 0.364. The molecule has 0 aliphatic carbocycles. The van der Waals surface area contributed by atoms with Crippen LogP contribution in [0.3, 0.4) is 0 Å². The van der Waals surface area contributed by atoms with Crippen LogP contribution in [0.1, 0.15) is 30.6 Å². The molecule has 2 N–H and O–H groups in total. The number of aromatic nitrogens is 3. The lowest BCUT2D eigenvalue weighted by atomic mass is 10.1. The van der Waals surface area contributed by atoms with E-state index in [9.17, 15) is 14.7 Å². The topological polar surface area (TPSA) is 100 Å². The molecule has 0 spiro atoms. The van der Waals surface area contributed by atoms with Crippen LogP contribution in [-0.4, -0.2) is 55.3 Å². The highest BCUT2D eigenvalue weighted by Gasteiger charge is 2.40. The summed E-state index contributed by atoms with van der Waals surface area (Å²) >= 11 is 7.50. The molecule has 1 aliphatic rings. The van der Waals surface area contributed by atoms with Gasteiger partial charge in [0.25, 0.3) is 0 Å². The number of nitrogens with zero attached hydrogens (tertiary/aromatic N) is 4. The molecule has 10 heteroatoms. The zero-order valence-electron chi connectivity index (χ0n) is 17.7. The smallest absolute Gasteiger partial charge is 0.247 e. The second kappa shape index (κ2) is 9.40. The number of carbonyl (C=O) groups excluding carboxylic acids is 2. The minimum Gasteiger partial charge on any atom is -0.391 e. The van der Waals surface area contributed by atoms with Crippen LogP contribution in [0, 0.1) is 6.92 Å². The number of benzene rings is 1. The quantitative estimate of drug-likeness (QED) is 0.573.